The maximum absolute atomic E-state index is 12.5. The molecule has 0 aromatic carbocycles. The van der Waals surface area contributed by atoms with Gasteiger partial charge >= 0.3 is 0 Å². The van der Waals surface area contributed by atoms with Crippen LogP contribution < -0.4 is 4.72 Å². The van der Waals surface area contributed by atoms with Crippen molar-refractivity contribution in [3.8, 4) is 0 Å². The first-order valence-electron chi connectivity index (χ1n) is 3.48. The molecule has 1 heterocycles. The van der Waals surface area contributed by atoms with Gasteiger partial charge in [0, 0.05) is 0 Å². The summed E-state index contributed by atoms with van der Waals surface area (Å²) < 4.78 is 36.3. The Kier molecular flexibility index (Phi) is 2.51. The van der Waals surface area contributed by atoms with E-state index in [2.05, 4.69) is 9.71 Å². The van der Waals surface area contributed by atoms with Gasteiger partial charge < -0.3 is 0 Å². The Labute approximate surface area is 75.9 Å². The van der Waals surface area contributed by atoms with E-state index in [1.807, 2.05) is 0 Å². The summed E-state index contributed by atoms with van der Waals surface area (Å²) in [5, 5.41) is 0. The number of hydrogen-bond acceptors (Lipinski definition) is 3. The molecule has 72 valence electrons. The molecule has 1 aromatic rings. The predicted octanol–water partition coefficient (Wildman–Crippen LogP) is 0.901. The molecule has 13 heavy (non-hydrogen) atoms. The van der Waals surface area contributed by atoms with E-state index in [1.165, 1.54) is 0 Å². The van der Waals surface area contributed by atoms with Crippen LogP contribution in [0.1, 0.15) is 5.56 Å². The molecule has 0 saturated heterocycles. The van der Waals surface area contributed by atoms with E-state index in [0.29, 0.717) is 11.3 Å². The van der Waals surface area contributed by atoms with Gasteiger partial charge in [0.2, 0.25) is 16.0 Å². The highest BCUT2D eigenvalue weighted by molar-refractivity contribution is 7.92. The van der Waals surface area contributed by atoms with Crippen molar-refractivity contribution in [1.29, 1.82) is 0 Å². The molecule has 1 N–H and O–H groups in total. The topological polar surface area (TPSA) is 59.1 Å². The first kappa shape index (κ1) is 9.91. The molecule has 1 aromatic heterocycles. The monoisotopic (exact) mass is 204 g/mol. The quantitative estimate of drug-likeness (QED) is 0.728. The second-order valence-electron chi connectivity index (χ2n) is 2.70. The number of rotatable bonds is 2. The fourth-order valence-electron chi connectivity index (χ4n) is 0.828. The van der Waals surface area contributed by atoms with Crippen LogP contribution in [0.5, 0.6) is 0 Å². The summed E-state index contributed by atoms with van der Waals surface area (Å²) >= 11 is 0. The molecule has 0 spiro atoms. The fraction of sp³-hybridized carbons (Fsp3) is 0.286. The van der Waals surface area contributed by atoms with Crippen LogP contribution in [0.2, 0.25) is 0 Å². The zero-order valence-electron chi connectivity index (χ0n) is 7.20. The molecule has 0 aliphatic carbocycles. The molecule has 0 unspecified atom stereocenters. The standard InChI is InChI=1S/C7H9FN2O2S/c1-5-3-7(8)9-4-6(5)10-13(2,11)12/h3-4,10H,1-2H3. The molecule has 0 bridgehead atoms. The molecule has 0 saturated carbocycles. The molecule has 0 atom stereocenters. The largest absolute Gasteiger partial charge is 0.282 e. The number of nitrogens with zero attached hydrogens (tertiary/aromatic N) is 1. The lowest BCUT2D eigenvalue weighted by Crippen LogP contribution is -2.11. The number of nitrogens with one attached hydrogen (secondary N) is 1. The van der Waals surface area contributed by atoms with Gasteiger partial charge in [-0.15, -0.1) is 0 Å². The molecule has 0 fully saturated rings. The Hall–Kier alpha value is -1.17. The summed E-state index contributed by atoms with van der Waals surface area (Å²) in [6, 6.07) is 1.16. The number of sulfonamides is 1. The minimum Gasteiger partial charge on any atom is -0.282 e. The normalized spacial score (nSPS) is 11.3. The molecule has 4 nitrogen and oxygen atoms in total. The van der Waals surface area contributed by atoms with E-state index in [9.17, 15) is 12.8 Å². The van der Waals surface area contributed by atoms with Crippen LogP contribution in [0.15, 0.2) is 12.3 Å². The number of pyridine rings is 1. The van der Waals surface area contributed by atoms with Crippen molar-refractivity contribution in [2.75, 3.05) is 11.0 Å². The lowest BCUT2D eigenvalue weighted by Gasteiger charge is -2.05. The summed E-state index contributed by atoms with van der Waals surface area (Å²) in [7, 11) is -3.32. The van der Waals surface area contributed by atoms with Gasteiger partial charge in [0.15, 0.2) is 0 Å². The average molecular weight is 204 g/mol. The summed E-state index contributed by atoms with van der Waals surface area (Å²) in [4.78, 5) is 3.33. The van der Waals surface area contributed by atoms with Gasteiger partial charge in [-0.25, -0.2) is 13.4 Å². The van der Waals surface area contributed by atoms with E-state index in [0.717, 1.165) is 18.5 Å². The third kappa shape index (κ3) is 2.98. The molecule has 0 amide bonds. The van der Waals surface area contributed by atoms with Gasteiger partial charge in [0.05, 0.1) is 18.1 Å². The Balaban J connectivity index is 3.04. The van der Waals surface area contributed by atoms with E-state index in [1.54, 1.807) is 6.92 Å². The Morgan fingerprint density at radius 3 is 2.62 bits per heavy atom. The van der Waals surface area contributed by atoms with Crippen molar-refractivity contribution in [2.45, 2.75) is 6.92 Å². The maximum Gasteiger partial charge on any atom is 0.229 e. The van der Waals surface area contributed by atoms with Crippen molar-refractivity contribution < 1.29 is 12.8 Å². The third-order valence-corrected chi connectivity index (χ3v) is 1.96. The van der Waals surface area contributed by atoms with Crippen LogP contribution >= 0.6 is 0 Å². The van der Waals surface area contributed by atoms with Crippen LogP contribution in [-0.4, -0.2) is 19.7 Å². The van der Waals surface area contributed by atoms with Gasteiger partial charge in [-0.2, -0.15) is 4.39 Å². The summed E-state index contributed by atoms with van der Waals surface area (Å²) in [6.07, 6.45) is 2.17. The summed E-state index contributed by atoms with van der Waals surface area (Å²) in [5.74, 6) is -0.628. The van der Waals surface area contributed by atoms with Gasteiger partial charge in [0.25, 0.3) is 0 Å². The predicted molar refractivity (Wildman–Crippen MR) is 47.4 cm³/mol. The molecule has 1 rings (SSSR count). The van der Waals surface area contributed by atoms with Gasteiger partial charge in [-0.3, -0.25) is 4.72 Å². The molecule has 6 heteroatoms. The molecular formula is C7H9FN2O2S. The Morgan fingerprint density at radius 2 is 2.15 bits per heavy atom. The summed E-state index contributed by atoms with van der Waals surface area (Å²) in [6.45, 7) is 1.60. The van der Waals surface area contributed by atoms with Crippen LogP contribution in [-0.2, 0) is 10.0 Å². The number of anilines is 1. The SMILES string of the molecule is Cc1cc(F)ncc1NS(C)(=O)=O. The maximum atomic E-state index is 12.5. The van der Waals surface area contributed by atoms with Crippen molar-refractivity contribution in [2.24, 2.45) is 0 Å². The highest BCUT2D eigenvalue weighted by Crippen LogP contribution is 2.14. The first-order valence-corrected chi connectivity index (χ1v) is 5.37. The first-order chi connectivity index (χ1) is 5.88. The number of hydrogen-bond donors (Lipinski definition) is 1. The molecular weight excluding hydrogens is 195 g/mol. The van der Waals surface area contributed by atoms with Crippen molar-refractivity contribution in [1.82, 2.24) is 4.98 Å². The zero-order chi connectivity index (χ0) is 10.1. The average Bonchev–Trinajstić information content (AvgIpc) is 1.93. The van der Waals surface area contributed by atoms with Crippen molar-refractivity contribution >= 4 is 15.7 Å². The van der Waals surface area contributed by atoms with Crippen molar-refractivity contribution in [3.05, 3.63) is 23.8 Å². The van der Waals surface area contributed by atoms with Crippen LogP contribution in [0.25, 0.3) is 0 Å². The third-order valence-electron chi connectivity index (χ3n) is 1.37. The lowest BCUT2D eigenvalue weighted by atomic mass is 10.3. The van der Waals surface area contributed by atoms with Gasteiger partial charge in [0.1, 0.15) is 0 Å². The van der Waals surface area contributed by atoms with Crippen LogP contribution in [0, 0.1) is 12.9 Å². The zero-order valence-corrected chi connectivity index (χ0v) is 8.02. The minimum absolute atomic E-state index is 0.295. The van der Waals surface area contributed by atoms with Gasteiger partial charge in [-0.1, -0.05) is 0 Å². The fourth-order valence-corrected chi connectivity index (χ4v) is 1.44. The molecule has 0 aliphatic heterocycles. The van der Waals surface area contributed by atoms with Gasteiger partial charge in [-0.05, 0) is 18.6 Å². The van der Waals surface area contributed by atoms with Crippen LogP contribution in [0.3, 0.4) is 0 Å². The highest BCUT2D eigenvalue weighted by Gasteiger charge is 2.05. The van der Waals surface area contributed by atoms with Crippen LogP contribution in [0.4, 0.5) is 10.1 Å². The smallest absolute Gasteiger partial charge is 0.229 e. The van der Waals surface area contributed by atoms with E-state index in [4.69, 9.17) is 0 Å². The second-order valence-corrected chi connectivity index (χ2v) is 4.44. The highest BCUT2D eigenvalue weighted by atomic mass is 32.2. The molecule has 0 radical (unpaired) electrons. The molecule has 0 aliphatic rings. The Morgan fingerprint density at radius 1 is 1.54 bits per heavy atom. The number of aryl methyl sites for hydroxylation is 1. The van der Waals surface area contributed by atoms with E-state index < -0.39 is 16.0 Å². The summed E-state index contributed by atoms with van der Waals surface area (Å²) in [5.41, 5.74) is 0.793. The minimum atomic E-state index is -3.32. The van der Waals surface area contributed by atoms with Crippen molar-refractivity contribution in [3.63, 3.8) is 0 Å². The van der Waals surface area contributed by atoms with E-state index >= 15 is 0 Å². The number of aromatic nitrogens is 1. The second kappa shape index (κ2) is 3.29. The van der Waals surface area contributed by atoms with E-state index in [-0.39, 0.29) is 0 Å². The lowest BCUT2D eigenvalue weighted by molar-refractivity contribution is 0.582. The Bertz CT molecular complexity index is 417. The number of halogens is 1.